The Morgan fingerprint density at radius 3 is 2.42 bits per heavy atom. The lowest BCUT2D eigenvalue weighted by Crippen LogP contribution is -2.03. The van der Waals surface area contributed by atoms with Gasteiger partial charge in [-0.2, -0.15) is 0 Å². The van der Waals surface area contributed by atoms with E-state index in [0.29, 0.717) is 12.2 Å². The monoisotopic (exact) mass is 366 g/mol. The number of aryl methyl sites for hydroxylation is 1. The van der Waals surface area contributed by atoms with E-state index in [1.54, 1.807) is 12.1 Å². The van der Waals surface area contributed by atoms with Crippen molar-refractivity contribution in [1.29, 1.82) is 0 Å². The van der Waals surface area contributed by atoms with E-state index in [1.165, 1.54) is 21.6 Å². The van der Waals surface area contributed by atoms with Gasteiger partial charge >= 0.3 is 5.97 Å². The van der Waals surface area contributed by atoms with Gasteiger partial charge in [0.15, 0.2) is 0 Å². The molecule has 0 radical (unpaired) electrons. The molecule has 2 nitrogen and oxygen atoms in total. The number of allylic oxidation sites excluding steroid dienone is 1. The highest BCUT2D eigenvalue weighted by Gasteiger charge is 2.04. The molecule has 0 aromatic heterocycles. The van der Waals surface area contributed by atoms with Crippen molar-refractivity contribution in [2.24, 2.45) is 0 Å². The third-order valence-electron chi connectivity index (χ3n) is 3.86. The second-order valence-corrected chi connectivity index (χ2v) is 7.38. The first kappa shape index (κ1) is 20.1. The van der Waals surface area contributed by atoms with E-state index >= 15 is 0 Å². The van der Waals surface area contributed by atoms with Crippen LogP contribution in [0.15, 0.2) is 59.0 Å². The van der Waals surface area contributed by atoms with E-state index in [9.17, 15) is 4.79 Å². The molecular weight excluding hydrogens is 340 g/mol. The second-order valence-electron chi connectivity index (χ2n) is 6.29. The Kier molecular flexibility index (Phi) is 7.73. The molecule has 0 aliphatic carbocycles. The zero-order valence-corrected chi connectivity index (χ0v) is 16.7. The van der Waals surface area contributed by atoms with Gasteiger partial charge in [-0.25, -0.2) is 4.79 Å². The number of thioether (sulfide) groups is 1. The summed E-state index contributed by atoms with van der Waals surface area (Å²) in [7, 11) is 0. The van der Waals surface area contributed by atoms with Crippen LogP contribution in [0.5, 0.6) is 0 Å². The lowest BCUT2D eigenvalue weighted by molar-refractivity contribution is 0.0526. The number of carbonyl (C=O) groups is 1. The van der Waals surface area contributed by atoms with Crippen molar-refractivity contribution in [3.05, 3.63) is 76.4 Å². The Morgan fingerprint density at radius 2 is 1.81 bits per heavy atom. The molecule has 136 valence electrons. The molecule has 0 unspecified atom stereocenters. The summed E-state index contributed by atoms with van der Waals surface area (Å²) in [5.74, 6) is 0.726. The third kappa shape index (κ3) is 6.23. The maximum absolute atomic E-state index is 11.7. The molecule has 0 aliphatic rings. The Balaban J connectivity index is 2.03. The highest BCUT2D eigenvalue weighted by molar-refractivity contribution is 7.99. The van der Waals surface area contributed by atoms with Gasteiger partial charge in [0, 0.05) is 10.6 Å². The fourth-order valence-corrected chi connectivity index (χ4v) is 3.39. The van der Waals surface area contributed by atoms with E-state index in [4.69, 9.17) is 4.74 Å². The van der Waals surface area contributed by atoms with Crippen LogP contribution in [0.1, 0.15) is 47.8 Å². The van der Waals surface area contributed by atoms with Crippen LogP contribution in [0.4, 0.5) is 0 Å². The summed E-state index contributed by atoms with van der Waals surface area (Å²) < 4.78 is 5.00. The van der Waals surface area contributed by atoms with Gasteiger partial charge in [-0.15, -0.1) is 11.8 Å². The third-order valence-corrected chi connectivity index (χ3v) is 4.78. The van der Waals surface area contributed by atoms with Crippen LogP contribution in [0.25, 0.3) is 12.2 Å². The average Bonchev–Trinajstić information content (AvgIpc) is 2.61. The number of carbonyl (C=O) groups excluding carboxylic acids is 1. The molecule has 0 saturated heterocycles. The molecule has 0 N–H and O–H groups in total. The SMILES string of the molecule is CCOC(=O)c1ccc(/C=C/c2ccc(SCC=C(C)C)cc2C)cc1. The van der Waals surface area contributed by atoms with Crippen molar-refractivity contribution in [1.82, 2.24) is 0 Å². The van der Waals surface area contributed by atoms with Crippen molar-refractivity contribution in [3.8, 4) is 0 Å². The lowest BCUT2D eigenvalue weighted by atomic mass is 10.1. The van der Waals surface area contributed by atoms with Crippen LogP contribution in [0.3, 0.4) is 0 Å². The van der Waals surface area contributed by atoms with Gasteiger partial charge in [0.1, 0.15) is 0 Å². The first-order chi connectivity index (χ1) is 12.5. The summed E-state index contributed by atoms with van der Waals surface area (Å²) in [6, 6.07) is 14.0. The quantitative estimate of drug-likeness (QED) is 0.245. The summed E-state index contributed by atoms with van der Waals surface area (Å²) in [4.78, 5) is 13.0. The Labute approximate surface area is 161 Å². The molecule has 26 heavy (non-hydrogen) atoms. The highest BCUT2D eigenvalue weighted by atomic mass is 32.2. The van der Waals surface area contributed by atoms with Crippen molar-refractivity contribution in [3.63, 3.8) is 0 Å². The van der Waals surface area contributed by atoms with E-state index in [-0.39, 0.29) is 5.97 Å². The number of hydrogen-bond donors (Lipinski definition) is 0. The van der Waals surface area contributed by atoms with E-state index in [1.807, 2.05) is 30.8 Å². The van der Waals surface area contributed by atoms with E-state index in [2.05, 4.69) is 57.2 Å². The van der Waals surface area contributed by atoms with Crippen LogP contribution in [-0.2, 0) is 4.74 Å². The van der Waals surface area contributed by atoms with Gasteiger partial charge < -0.3 is 4.74 Å². The number of esters is 1. The smallest absolute Gasteiger partial charge is 0.338 e. The summed E-state index contributed by atoms with van der Waals surface area (Å²) in [6.45, 7) is 8.58. The van der Waals surface area contributed by atoms with E-state index in [0.717, 1.165) is 11.3 Å². The molecule has 3 heteroatoms. The van der Waals surface area contributed by atoms with Crippen LogP contribution >= 0.6 is 11.8 Å². The number of ether oxygens (including phenoxy) is 1. The van der Waals surface area contributed by atoms with Crippen LogP contribution in [0.2, 0.25) is 0 Å². The molecule has 0 spiro atoms. The number of benzene rings is 2. The van der Waals surface area contributed by atoms with Gasteiger partial charge in [-0.3, -0.25) is 0 Å². The predicted octanol–water partition coefficient (Wildman–Crippen LogP) is 6.40. The molecule has 0 aliphatic heterocycles. The second kappa shape index (κ2) is 10.0. The van der Waals surface area contributed by atoms with E-state index < -0.39 is 0 Å². The lowest BCUT2D eigenvalue weighted by Gasteiger charge is -2.05. The minimum absolute atomic E-state index is 0.278. The predicted molar refractivity (Wildman–Crippen MR) is 113 cm³/mol. The molecule has 2 aromatic rings. The van der Waals surface area contributed by atoms with Gasteiger partial charge in [0.2, 0.25) is 0 Å². The Bertz CT molecular complexity index is 797. The minimum Gasteiger partial charge on any atom is -0.462 e. The zero-order valence-electron chi connectivity index (χ0n) is 15.9. The molecule has 0 amide bonds. The first-order valence-electron chi connectivity index (χ1n) is 8.81. The van der Waals surface area contributed by atoms with Crippen molar-refractivity contribution in [2.75, 3.05) is 12.4 Å². The normalized spacial score (nSPS) is 10.8. The summed E-state index contributed by atoms with van der Waals surface area (Å²) in [5.41, 5.74) is 5.44. The average molecular weight is 367 g/mol. The summed E-state index contributed by atoms with van der Waals surface area (Å²) >= 11 is 1.85. The number of hydrogen-bond acceptors (Lipinski definition) is 3. The standard InChI is InChI=1S/C23H26O2S/c1-5-25-23(24)21-10-7-19(8-11-21)6-9-20-12-13-22(16-18(20)4)26-15-14-17(2)3/h6-14,16H,5,15H2,1-4H3/b9-6+. The van der Waals surface area contributed by atoms with Gasteiger partial charge in [0.25, 0.3) is 0 Å². The Hall–Kier alpha value is -2.26. The molecular formula is C23H26O2S. The van der Waals surface area contributed by atoms with Crippen LogP contribution in [0, 0.1) is 6.92 Å². The maximum atomic E-state index is 11.7. The fraction of sp³-hybridized carbons (Fsp3) is 0.261. The molecule has 0 atom stereocenters. The Morgan fingerprint density at radius 1 is 1.08 bits per heavy atom. The van der Waals surface area contributed by atoms with Crippen molar-refractivity contribution < 1.29 is 9.53 Å². The molecule has 2 aromatic carbocycles. The van der Waals surface area contributed by atoms with Crippen LogP contribution in [-0.4, -0.2) is 18.3 Å². The largest absolute Gasteiger partial charge is 0.462 e. The molecule has 0 bridgehead atoms. The number of rotatable bonds is 7. The molecule has 2 rings (SSSR count). The van der Waals surface area contributed by atoms with Crippen molar-refractivity contribution >= 4 is 29.9 Å². The fourth-order valence-electron chi connectivity index (χ4n) is 2.36. The minimum atomic E-state index is -0.278. The summed E-state index contributed by atoms with van der Waals surface area (Å²) in [6.07, 6.45) is 6.42. The molecule has 0 heterocycles. The van der Waals surface area contributed by atoms with Crippen molar-refractivity contribution in [2.45, 2.75) is 32.6 Å². The zero-order chi connectivity index (χ0) is 18.9. The molecule has 0 fully saturated rings. The molecule has 0 saturated carbocycles. The topological polar surface area (TPSA) is 26.3 Å². The maximum Gasteiger partial charge on any atom is 0.338 e. The van der Waals surface area contributed by atoms with Gasteiger partial charge in [0.05, 0.1) is 12.2 Å². The van der Waals surface area contributed by atoms with Gasteiger partial charge in [-0.1, -0.05) is 42.0 Å². The first-order valence-corrected chi connectivity index (χ1v) is 9.80. The highest BCUT2D eigenvalue weighted by Crippen LogP contribution is 2.23. The summed E-state index contributed by atoms with van der Waals surface area (Å²) in [5, 5.41) is 0. The van der Waals surface area contributed by atoms with Crippen LogP contribution < -0.4 is 0 Å². The van der Waals surface area contributed by atoms with Gasteiger partial charge in [-0.05, 0) is 68.7 Å².